The Morgan fingerprint density at radius 1 is 1.27 bits per heavy atom. The number of rotatable bonds is 0. The van der Waals surface area contributed by atoms with E-state index in [9.17, 15) is 18.0 Å². The molecule has 1 aromatic heterocycles. The van der Waals surface area contributed by atoms with Gasteiger partial charge in [0.25, 0.3) is 0 Å². The standard InChI is InChI=1S/C13H15ClF3N3O2/c1-12(2,3)22-11(21)20-5-4-7-8(6-20)18-10(14)19-9(7)13(15,16)17/h4-6H2,1-3H3. The van der Waals surface area contributed by atoms with Gasteiger partial charge in [-0.15, -0.1) is 0 Å². The van der Waals surface area contributed by atoms with Crippen LogP contribution < -0.4 is 0 Å². The van der Waals surface area contributed by atoms with Crippen LogP contribution in [-0.4, -0.2) is 33.1 Å². The first-order chi connectivity index (χ1) is 9.97. The molecule has 0 aliphatic carbocycles. The molecule has 0 unspecified atom stereocenters. The van der Waals surface area contributed by atoms with Crippen LogP contribution in [0.15, 0.2) is 0 Å². The van der Waals surface area contributed by atoms with E-state index in [1.165, 1.54) is 4.90 Å². The Kier molecular flexibility index (Phi) is 4.25. The molecule has 5 nitrogen and oxygen atoms in total. The Hall–Kier alpha value is -1.57. The summed E-state index contributed by atoms with van der Waals surface area (Å²) in [4.78, 5) is 20.4. The number of hydrogen-bond acceptors (Lipinski definition) is 4. The third kappa shape index (κ3) is 3.79. The van der Waals surface area contributed by atoms with Crippen molar-refractivity contribution in [3.8, 4) is 0 Å². The minimum Gasteiger partial charge on any atom is -0.444 e. The molecule has 1 aromatic rings. The SMILES string of the molecule is CC(C)(C)OC(=O)N1CCc2c(nc(Cl)nc2C(F)(F)F)C1. The second-order valence-electron chi connectivity index (χ2n) is 5.92. The molecule has 1 aliphatic rings. The number of amides is 1. The van der Waals surface area contributed by atoms with Gasteiger partial charge in [0.15, 0.2) is 5.69 Å². The van der Waals surface area contributed by atoms with Crippen molar-refractivity contribution in [2.45, 2.75) is 45.5 Å². The maximum Gasteiger partial charge on any atom is 0.433 e. The summed E-state index contributed by atoms with van der Waals surface area (Å²) in [5, 5.41) is -0.489. The zero-order valence-electron chi connectivity index (χ0n) is 12.3. The minimum absolute atomic E-state index is 0.000584. The van der Waals surface area contributed by atoms with Gasteiger partial charge in [-0.25, -0.2) is 14.8 Å². The van der Waals surface area contributed by atoms with Gasteiger partial charge in [0.05, 0.1) is 12.2 Å². The molecule has 0 atom stereocenters. The number of fused-ring (bicyclic) bond motifs is 1. The molecule has 0 saturated carbocycles. The average molecular weight is 338 g/mol. The number of nitrogens with zero attached hydrogens (tertiary/aromatic N) is 3. The van der Waals surface area contributed by atoms with E-state index in [1.807, 2.05) is 0 Å². The maximum absolute atomic E-state index is 13.0. The molecule has 0 radical (unpaired) electrons. The Bertz CT molecular complexity index is 599. The molecule has 0 bridgehead atoms. The third-order valence-corrected chi connectivity index (χ3v) is 3.13. The van der Waals surface area contributed by atoms with Gasteiger partial charge in [-0.3, -0.25) is 0 Å². The van der Waals surface area contributed by atoms with E-state index in [0.29, 0.717) is 0 Å². The fraction of sp³-hybridized carbons (Fsp3) is 0.615. The number of aromatic nitrogens is 2. The number of hydrogen-bond donors (Lipinski definition) is 0. The van der Waals surface area contributed by atoms with Crippen LogP contribution in [-0.2, 0) is 23.9 Å². The Morgan fingerprint density at radius 3 is 2.45 bits per heavy atom. The normalized spacial score (nSPS) is 15.5. The predicted molar refractivity (Wildman–Crippen MR) is 72.4 cm³/mol. The van der Waals surface area contributed by atoms with E-state index >= 15 is 0 Å². The van der Waals surface area contributed by atoms with Gasteiger partial charge in [0, 0.05) is 12.1 Å². The van der Waals surface area contributed by atoms with Gasteiger partial charge in [-0.2, -0.15) is 13.2 Å². The van der Waals surface area contributed by atoms with Crippen molar-refractivity contribution >= 4 is 17.7 Å². The summed E-state index contributed by atoms with van der Waals surface area (Å²) in [6.07, 6.45) is -5.20. The van der Waals surface area contributed by atoms with Gasteiger partial charge >= 0.3 is 12.3 Å². The van der Waals surface area contributed by atoms with Crippen LogP contribution in [0.3, 0.4) is 0 Å². The molecule has 2 rings (SSSR count). The number of carbonyl (C=O) groups excluding carboxylic acids is 1. The topological polar surface area (TPSA) is 55.3 Å². The van der Waals surface area contributed by atoms with Crippen LogP contribution in [0.1, 0.15) is 37.7 Å². The first-order valence-corrected chi connectivity index (χ1v) is 6.95. The van der Waals surface area contributed by atoms with E-state index in [0.717, 1.165) is 0 Å². The lowest BCUT2D eigenvalue weighted by molar-refractivity contribution is -0.142. The van der Waals surface area contributed by atoms with Crippen molar-refractivity contribution in [1.82, 2.24) is 14.9 Å². The first kappa shape index (κ1) is 16.8. The van der Waals surface area contributed by atoms with E-state index in [-0.39, 0.29) is 30.8 Å². The molecule has 0 fully saturated rings. The maximum atomic E-state index is 13.0. The van der Waals surface area contributed by atoms with Gasteiger partial charge < -0.3 is 9.64 Å². The minimum atomic E-state index is -4.61. The van der Waals surface area contributed by atoms with Crippen molar-refractivity contribution < 1.29 is 22.7 Å². The van der Waals surface area contributed by atoms with Crippen molar-refractivity contribution in [3.63, 3.8) is 0 Å². The Labute approximate surface area is 130 Å². The molecule has 0 spiro atoms. The summed E-state index contributed by atoms with van der Waals surface area (Å²) in [6.45, 7) is 5.16. The van der Waals surface area contributed by atoms with Crippen LogP contribution in [0.5, 0.6) is 0 Å². The molecule has 0 N–H and O–H groups in total. The highest BCUT2D eigenvalue weighted by atomic mass is 35.5. The second kappa shape index (κ2) is 5.57. The van der Waals surface area contributed by atoms with Gasteiger partial charge in [-0.05, 0) is 38.8 Å². The number of ether oxygens (including phenoxy) is 1. The van der Waals surface area contributed by atoms with Crippen molar-refractivity contribution in [1.29, 1.82) is 0 Å². The molecule has 9 heteroatoms. The monoisotopic (exact) mass is 337 g/mol. The van der Waals surface area contributed by atoms with Gasteiger partial charge in [0.1, 0.15) is 5.60 Å². The molecule has 0 saturated heterocycles. The van der Waals surface area contributed by atoms with Crippen molar-refractivity contribution in [2.75, 3.05) is 6.54 Å². The fourth-order valence-corrected chi connectivity index (χ4v) is 2.30. The lowest BCUT2D eigenvalue weighted by Gasteiger charge is -2.31. The third-order valence-electron chi connectivity index (χ3n) is 2.96. The lowest BCUT2D eigenvalue weighted by atomic mass is 10.0. The largest absolute Gasteiger partial charge is 0.444 e. The summed E-state index contributed by atoms with van der Waals surface area (Å²) in [5.41, 5.74) is -1.63. The molecule has 22 heavy (non-hydrogen) atoms. The molecule has 0 aromatic carbocycles. The summed E-state index contributed by atoms with van der Waals surface area (Å²) in [6, 6.07) is 0. The first-order valence-electron chi connectivity index (χ1n) is 6.58. The number of halogens is 4. The zero-order valence-corrected chi connectivity index (χ0v) is 13.0. The van der Waals surface area contributed by atoms with Crippen LogP contribution in [0, 0.1) is 0 Å². The smallest absolute Gasteiger partial charge is 0.433 e. The second-order valence-corrected chi connectivity index (χ2v) is 6.25. The predicted octanol–water partition coefficient (Wildman–Crippen LogP) is 3.44. The van der Waals surface area contributed by atoms with E-state index in [4.69, 9.17) is 16.3 Å². The molecule has 122 valence electrons. The number of carbonyl (C=O) groups is 1. The van der Waals surface area contributed by atoms with Crippen LogP contribution in [0.4, 0.5) is 18.0 Å². The molecule has 2 heterocycles. The molecular formula is C13H15ClF3N3O2. The van der Waals surface area contributed by atoms with Crippen LogP contribution in [0.2, 0.25) is 5.28 Å². The number of alkyl halides is 3. The van der Waals surface area contributed by atoms with E-state index in [2.05, 4.69) is 9.97 Å². The van der Waals surface area contributed by atoms with E-state index in [1.54, 1.807) is 20.8 Å². The van der Waals surface area contributed by atoms with Gasteiger partial charge in [-0.1, -0.05) is 0 Å². The molecule has 1 aliphatic heterocycles. The van der Waals surface area contributed by atoms with E-state index < -0.39 is 28.8 Å². The highest BCUT2D eigenvalue weighted by Gasteiger charge is 2.39. The Balaban J connectivity index is 2.28. The quantitative estimate of drug-likeness (QED) is 0.680. The lowest BCUT2D eigenvalue weighted by Crippen LogP contribution is -2.41. The molecular weight excluding hydrogens is 323 g/mol. The van der Waals surface area contributed by atoms with Crippen molar-refractivity contribution in [2.24, 2.45) is 0 Å². The Morgan fingerprint density at radius 2 is 1.91 bits per heavy atom. The van der Waals surface area contributed by atoms with Gasteiger partial charge in [0.2, 0.25) is 5.28 Å². The summed E-state index contributed by atoms with van der Waals surface area (Å²) in [7, 11) is 0. The highest BCUT2D eigenvalue weighted by Crippen LogP contribution is 2.34. The summed E-state index contributed by atoms with van der Waals surface area (Å²) >= 11 is 5.56. The fourth-order valence-electron chi connectivity index (χ4n) is 2.12. The highest BCUT2D eigenvalue weighted by molar-refractivity contribution is 6.28. The van der Waals surface area contributed by atoms with Crippen LogP contribution in [0.25, 0.3) is 0 Å². The summed E-state index contributed by atoms with van der Waals surface area (Å²) in [5.74, 6) is 0. The average Bonchev–Trinajstić information content (AvgIpc) is 2.33. The van der Waals surface area contributed by atoms with Crippen molar-refractivity contribution in [3.05, 3.63) is 22.2 Å². The summed E-state index contributed by atoms with van der Waals surface area (Å²) < 4.78 is 44.1. The molecule has 1 amide bonds. The zero-order chi connectivity index (χ0) is 16.7. The van der Waals surface area contributed by atoms with Crippen LogP contribution >= 0.6 is 11.6 Å².